The van der Waals surface area contributed by atoms with Crippen LogP contribution in [0, 0.1) is 6.92 Å². The number of rotatable bonds is 7. The minimum atomic E-state index is -4.27. The van der Waals surface area contributed by atoms with E-state index >= 15 is 0 Å². The number of unbranched alkanes of at least 4 members (excludes halogenated alkanes) is 1. The summed E-state index contributed by atoms with van der Waals surface area (Å²) in [5.74, 6) is -0.0785. The highest BCUT2D eigenvalue weighted by Crippen LogP contribution is 2.08. The predicted octanol–water partition coefficient (Wildman–Crippen LogP) is 1.67. The lowest BCUT2D eigenvalue weighted by Crippen LogP contribution is -2.35. The Morgan fingerprint density at radius 3 is 2.17 bits per heavy atom. The number of hydrogen-bond acceptors (Lipinski definition) is 4. The van der Waals surface area contributed by atoms with Gasteiger partial charge in [0.15, 0.2) is 0 Å². The molecule has 0 aliphatic carbocycles. The quantitative estimate of drug-likeness (QED) is 0.348. The van der Waals surface area contributed by atoms with E-state index in [2.05, 4.69) is 33.0 Å². The van der Waals surface area contributed by atoms with E-state index in [1.807, 2.05) is 6.92 Å². The van der Waals surface area contributed by atoms with E-state index in [9.17, 15) is 17.8 Å². The molecule has 0 spiro atoms. The van der Waals surface area contributed by atoms with Crippen LogP contribution >= 0.6 is 0 Å². The molecule has 1 amide bonds. The molecule has 0 radical (unpaired) electrons. The summed E-state index contributed by atoms with van der Waals surface area (Å²) in [7, 11) is 2.24. The lowest BCUT2D eigenvalue weighted by atomic mass is 10.2. The van der Waals surface area contributed by atoms with E-state index in [-0.39, 0.29) is 10.8 Å². The summed E-state index contributed by atoms with van der Waals surface area (Å²) in [6.45, 7) is 7.10. The Kier molecular flexibility index (Phi) is 9.50. The van der Waals surface area contributed by atoms with Crippen molar-refractivity contribution in [2.24, 2.45) is 0 Å². The Bertz CT molecular complexity index is 617. The van der Waals surface area contributed by atoms with Crippen molar-refractivity contribution in [2.45, 2.75) is 24.7 Å². The second kappa shape index (κ2) is 10.2. The number of amides is 1. The first-order chi connectivity index (χ1) is 11.0. The lowest BCUT2D eigenvalue weighted by Gasteiger charge is -2.23. The fourth-order valence-electron chi connectivity index (χ4n) is 1.70. The Morgan fingerprint density at radius 2 is 1.75 bits per heavy atom. The van der Waals surface area contributed by atoms with Crippen LogP contribution in [0.1, 0.15) is 18.4 Å². The Morgan fingerprint density at radius 1 is 1.21 bits per heavy atom. The molecule has 136 valence electrons. The van der Waals surface area contributed by atoms with Crippen LogP contribution in [0.3, 0.4) is 0 Å². The third kappa shape index (κ3) is 11.8. The Labute approximate surface area is 145 Å². The van der Waals surface area contributed by atoms with E-state index < -0.39 is 10.1 Å². The molecule has 0 bridgehead atoms. The van der Waals surface area contributed by atoms with Crippen molar-refractivity contribution in [1.82, 2.24) is 5.32 Å². The fraction of sp³-hybridized carbons (Fsp3) is 0.471. The lowest BCUT2D eigenvalue weighted by molar-refractivity contribution is -0.870. The van der Waals surface area contributed by atoms with Gasteiger partial charge in [-0.15, -0.1) is 0 Å². The van der Waals surface area contributed by atoms with Crippen LogP contribution in [0.25, 0.3) is 0 Å². The zero-order chi connectivity index (χ0) is 18.8. The van der Waals surface area contributed by atoms with Gasteiger partial charge in [-0.25, -0.2) is 8.42 Å². The molecule has 0 aliphatic rings. The number of nitrogens with zero attached hydrogens (tertiary/aromatic N) is 1. The summed E-state index contributed by atoms with van der Waals surface area (Å²) in [6.07, 6.45) is 3.48. The molecule has 6 nitrogen and oxygen atoms in total. The molecular weight excluding hydrogens is 328 g/mol. The monoisotopic (exact) mass is 356 g/mol. The van der Waals surface area contributed by atoms with Crippen molar-refractivity contribution in [3.8, 4) is 0 Å². The van der Waals surface area contributed by atoms with E-state index in [1.165, 1.54) is 18.2 Å². The summed E-state index contributed by atoms with van der Waals surface area (Å²) < 4.78 is 32.1. The Balaban J connectivity index is 0.000000446. The Hall–Kier alpha value is -1.70. The average Bonchev–Trinajstić information content (AvgIpc) is 2.45. The van der Waals surface area contributed by atoms with Crippen molar-refractivity contribution in [3.05, 3.63) is 42.5 Å². The maximum Gasteiger partial charge on any atom is 0.243 e. The van der Waals surface area contributed by atoms with Crippen molar-refractivity contribution in [2.75, 3.05) is 34.2 Å². The van der Waals surface area contributed by atoms with Crippen LogP contribution in [0.15, 0.2) is 41.8 Å². The first-order valence-corrected chi connectivity index (χ1v) is 9.10. The summed E-state index contributed by atoms with van der Waals surface area (Å²) in [5.41, 5.74) is 0.928. The van der Waals surface area contributed by atoms with Crippen molar-refractivity contribution in [3.63, 3.8) is 0 Å². The number of carbonyl (C=O) groups is 1. The SMILES string of the molecule is C=CC(=O)NCCCC[N+](C)(C)C.Cc1ccc(S(=O)(=O)[O-])cc1. The number of hydrogen-bond donors (Lipinski definition) is 1. The van der Waals surface area contributed by atoms with Gasteiger partial charge >= 0.3 is 0 Å². The maximum atomic E-state index is 10.7. The maximum absolute atomic E-state index is 10.7. The largest absolute Gasteiger partial charge is 0.744 e. The van der Waals surface area contributed by atoms with Crippen LogP contribution in [-0.2, 0) is 14.9 Å². The first-order valence-electron chi connectivity index (χ1n) is 7.69. The number of benzene rings is 1. The highest BCUT2D eigenvalue weighted by atomic mass is 32.2. The second-order valence-electron chi connectivity index (χ2n) is 6.48. The van der Waals surface area contributed by atoms with Gasteiger partial charge in [-0.1, -0.05) is 24.3 Å². The molecule has 1 N–H and O–H groups in total. The first kappa shape index (κ1) is 22.3. The molecular formula is C17H28N2O4S. The normalized spacial score (nSPS) is 11.2. The van der Waals surface area contributed by atoms with Crippen LogP contribution in [0.2, 0.25) is 0 Å². The van der Waals surface area contributed by atoms with Gasteiger partial charge in [0.05, 0.1) is 32.6 Å². The third-order valence-corrected chi connectivity index (χ3v) is 3.90. The number of aryl methyl sites for hydroxylation is 1. The molecule has 1 aromatic carbocycles. The molecule has 24 heavy (non-hydrogen) atoms. The van der Waals surface area contributed by atoms with Gasteiger partial charge in [0.1, 0.15) is 10.1 Å². The summed E-state index contributed by atoms with van der Waals surface area (Å²) >= 11 is 0. The topological polar surface area (TPSA) is 86.3 Å². The standard InChI is InChI=1S/C10H20N2O.C7H8O3S/c1-5-10(13)11-8-6-7-9-12(2,3)4;1-6-2-4-7(5-3-6)11(8,9)10/h5H,1,6-9H2,2-4H3;2-5H,1H3,(H,8,9,10). The van der Waals surface area contributed by atoms with Crippen LogP contribution in [-0.4, -0.2) is 57.6 Å². The second-order valence-corrected chi connectivity index (χ2v) is 7.86. The molecule has 0 saturated carbocycles. The number of quaternary nitrogens is 1. The molecule has 1 rings (SSSR count). The van der Waals surface area contributed by atoms with Crippen LogP contribution in [0.5, 0.6) is 0 Å². The van der Waals surface area contributed by atoms with E-state index in [0.29, 0.717) is 0 Å². The van der Waals surface area contributed by atoms with Gasteiger partial charge in [-0.05, 0) is 38.0 Å². The summed E-state index contributed by atoms with van der Waals surface area (Å²) in [5, 5.41) is 2.75. The van der Waals surface area contributed by atoms with E-state index in [0.717, 1.165) is 36.0 Å². The van der Waals surface area contributed by atoms with Crippen LogP contribution < -0.4 is 5.32 Å². The van der Waals surface area contributed by atoms with Gasteiger partial charge in [0.2, 0.25) is 5.91 Å². The molecule has 0 aliphatic heterocycles. The van der Waals surface area contributed by atoms with Crippen molar-refractivity contribution in [1.29, 1.82) is 0 Å². The molecule has 0 unspecified atom stereocenters. The predicted molar refractivity (Wildman–Crippen MR) is 94.5 cm³/mol. The van der Waals surface area contributed by atoms with Gasteiger partial charge in [0, 0.05) is 6.54 Å². The van der Waals surface area contributed by atoms with Crippen molar-refractivity contribution >= 4 is 16.0 Å². The zero-order valence-electron chi connectivity index (χ0n) is 14.9. The highest BCUT2D eigenvalue weighted by Gasteiger charge is 2.05. The smallest absolute Gasteiger partial charge is 0.243 e. The molecule has 7 heteroatoms. The average molecular weight is 356 g/mol. The molecule has 0 aromatic heterocycles. The van der Waals surface area contributed by atoms with Gasteiger partial charge < -0.3 is 14.4 Å². The van der Waals surface area contributed by atoms with Crippen molar-refractivity contribution < 1.29 is 22.2 Å². The molecule has 0 fully saturated rings. The number of nitrogens with one attached hydrogen (secondary N) is 1. The number of carbonyl (C=O) groups excluding carboxylic acids is 1. The zero-order valence-corrected chi connectivity index (χ0v) is 15.7. The summed E-state index contributed by atoms with van der Waals surface area (Å²) in [4.78, 5) is 10.6. The van der Waals surface area contributed by atoms with E-state index in [1.54, 1.807) is 12.1 Å². The molecule has 0 atom stereocenters. The fourth-order valence-corrected chi connectivity index (χ4v) is 2.17. The van der Waals surface area contributed by atoms with Crippen LogP contribution in [0.4, 0.5) is 0 Å². The van der Waals surface area contributed by atoms with Gasteiger partial charge in [-0.3, -0.25) is 4.79 Å². The third-order valence-electron chi connectivity index (χ3n) is 3.05. The molecule has 0 saturated heterocycles. The molecule has 0 heterocycles. The van der Waals surface area contributed by atoms with Gasteiger partial charge in [-0.2, -0.15) is 0 Å². The molecule has 1 aromatic rings. The van der Waals surface area contributed by atoms with E-state index in [4.69, 9.17) is 0 Å². The summed E-state index contributed by atoms with van der Waals surface area (Å²) in [6, 6.07) is 5.78. The minimum Gasteiger partial charge on any atom is -0.744 e. The highest BCUT2D eigenvalue weighted by molar-refractivity contribution is 7.85. The minimum absolute atomic E-state index is 0.0785. The van der Waals surface area contributed by atoms with Gasteiger partial charge in [0.25, 0.3) is 0 Å².